The largest absolute Gasteiger partial charge is 0.419 e. The lowest BCUT2D eigenvalue weighted by Gasteiger charge is -2.01. The van der Waals surface area contributed by atoms with Crippen molar-refractivity contribution in [3.8, 4) is 11.5 Å². The predicted octanol–water partition coefficient (Wildman–Crippen LogP) is 2.57. The average molecular weight is 249 g/mol. The predicted molar refractivity (Wildman–Crippen MR) is 68.9 cm³/mol. The van der Waals surface area contributed by atoms with E-state index in [-0.39, 0.29) is 0 Å². The quantitative estimate of drug-likeness (QED) is 0.825. The molecule has 1 heterocycles. The Morgan fingerprint density at radius 1 is 1.29 bits per heavy atom. The topological polar surface area (TPSA) is 51.0 Å². The van der Waals surface area contributed by atoms with Crippen LogP contribution in [0.2, 0.25) is 0 Å². The number of rotatable bonds is 5. The van der Waals surface area contributed by atoms with Crippen molar-refractivity contribution in [1.82, 2.24) is 15.5 Å². The summed E-state index contributed by atoms with van der Waals surface area (Å²) in [6, 6.07) is 8.03. The zero-order valence-electron chi connectivity index (χ0n) is 9.93. The Morgan fingerprint density at radius 2 is 2.12 bits per heavy atom. The first kappa shape index (κ1) is 12.1. The maximum Gasteiger partial charge on any atom is 0.248 e. The van der Waals surface area contributed by atoms with Gasteiger partial charge in [-0.15, -0.1) is 22.0 Å². The van der Waals surface area contributed by atoms with Gasteiger partial charge in [0.2, 0.25) is 11.8 Å². The molecule has 0 saturated heterocycles. The Labute approximate surface area is 105 Å². The molecule has 1 N–H and O–H groups in total. The highest BCUT2D eigenvalue weighted by Crippen LogP contribution is 2.28. The summed E-state index contributed by atoms with van der Waals surface area (Å²) in [7, 11) is 0. The van der Waals surface area contributed by atoms with E-state index in [1.54, 1.807) is 11.8 Å². The van der Waals surface area contributed by atoms with Crippen molar-refractivity contribution >= 4 is 11.8 Å². The normalized spacial score (nSPS) is 10.7. The van der Waals surface area contributed by atoms with Crippen molar-refractivity contribution in [3.63, 3.8) is 0 Å². The summed E-state index contributed by atoms with van der Waals surface area (Å²) in [4.78, 5) is 1.14. The zero-order chi connectivity index (χ0) is 12.1. The molecule has 17 heavy (non-hydrogen) atoms. The Morgan fingerprint density at radius 3 is 2.88 bits per heavy atom. The van der Waals surface area contributed by atoms with Crippen LogP contribution in [0.5, 0.6) is 0 Å². The summed E-state index contributed by atoms with van der Waals surface area (Å²) in [6.07, 6.45) is 2.04. The minimum Gasteiger partial charge on any atom is -0.419 e. The van der Waals surface area contributed by atoms with Gasteiger partial charge in [0.15, 0.2) is 0 Å². The first-order valence-electron chi connectivity index (χ1n) is 5.51. The highest BCUT2D eigenvalue weighted by molar-refractivity contribution is 7.98. The van der Waals surface area contributed by atoms with Crippen molar-refractivity contribution in [2.75, 3.05) is 12.8 Å². The van der Waals surface area contributed by atoms with E-state index in [9.17, 15) is 0 Å². The van der Waals surface area contributed by atoms with E-state index in [1.807, 2.05) is 37.4 Å². The van der Waals surface area contributed by atoms with Crippen molar-refractivity contribution < 1.29 is 4.42 Å². The summed E-state index contributed by atoms with van der Waals surface area (Å²) in [6.45, 7) is 3.55. The van der Waals surface area contributed by atoms with Gasteiger partial charge in [0, 0.05) is 4.90 Å². The van der Waals surface area contributed by atoms with E-state index in [0.29, 0.717) is 18.3 Å². The van der Waals surface area contributed by atoms with Crippen LogP contribution >= 0.6 is 11.8 Å². The Bertz CT molecular complexity index is 484. The lowest BCUT2D eigenvalue weighted by atomic mass is 10.2. The fourth-order valence-corrected chi connectivity index (χ4v) is 2.08. The van der Waals surface area contributed by atoms with Gasteiger partial charge < -0.3 is 9.73 Å². The molecule has 0 atom stereocenters. The fourth-order valence-electron chi connectivity index (χ4n) is 1.49. The van der Waals surface area contributed by atoms with Crippen molar-refractivity contribution in [1.29, 1.82) is 0 Å². The number of hydrogen-bond donors (Lipinski definition) is 1. The molecule has 0 aliphatic rings. The van der Waals surface area contributed by atoms with Gasteiger partial charge in [0.05, 0.1) is 12.1 Å². The second kappa shape index (κ2) is 5.84. The van der Waals surface area contributed by atoms with E-state index in [2.05, 4.69) is 15.5 Å². The van der Waals surface area contributed by atoms with E-state index >= 15 is 0 Å². The van der Waals surface area contributed by atoms with Crippen LogP contribution in [0.15, 0.2) is 33.6 Å². The van der Waals surface area contributed by atoms with Crippen LogP contribution < -0.4 is 5.32 Å². The van der Waals surface area contributed by atoms with Gasteiger partial charge >= 0.3 is 0 Å². The number of nitrogens with zero attached hydrogens (tertiary/aromatic N) is 2. The second-order valence-electron chi connectivity index (χ2n) is 3.48. The summed E-state index contributed by atoms with van der Waals surface area (Å²) in [5, 5.41) is 11.3. The average Bonchev–Trinajstić information content (AvgIpc) is 2.85. The van der Waals surface area contributed by atoms with Crippen LogP contribution in [0.3, 0.4) is 0 Å². The van der Waals surface area contributed by atoms with Crippen molar-refractivity contribution in [2.24, 2.45) is 0 Å². The monoisotopic (exact) mass is 249 g/mol. The van der Waals surface area contributed by atoms with Gasteiger partial charge in [-0.3, -0.25) is 0 Å². The molecule has 5 heteroatoms. The standard InChI is InChI=1S/C12H15N3OS/c1-3-13-8-11-14-15-12(16-11)9-6-4-5-7-10(9)17-2/h4-7,13H,3,8H2,1-2H3. The maximum atomic E-state index is 5.62. The van der Waals surface area contributed by atoms with Crippen LogP contribution in [0, 0.1) is 0 Å². The minimum absolute atomic E-state index is 0.586. The number of hydrogen-bond acceptors (Lipinski definition) is 5. The minimum atomic E-state index is 0.586. The summed E-state index contributed by atoms with van der Waals surface area (Å²) in [5.74, 6) is 1.21. The van der Waals surface area contributed by atoms with Crippen LogP contribution in [0.4, 0.5) is 0 Å². The number of benzene rings is 1. The second-order valence-corrected chi connectivity index (χ2v) is 4.33. The Balaban J connectivity index is 2.24. The molecule has 0 saturated carbocycles. The van der Waals surface area contributed by atoms with Gasteiger partial charge in [-0.2, -0.15) is 0 Å². The number of nitrogens with one attached hydrogen (secondary N) is 1. The molecular weight excluding hydrogens is 234 g/mol. The van der Waals surface area contributed by atoms with E-state index in [0.717, 1.165) is 17.0 Å². The highest BCUT2D eigenvalue weighted by atomic mass is 32.2. The first-order valence-corrected chi connectivity index (χ1v) is 6.74. The van der Waals surface area contributed by atoms with Crippen molar-refractivity contribution in [2.45, 2.75) is 18.4 Å². The summed E-state index contributed by atoms with van der Waals surface area (Å²) in [5.41, 5.74) is 0.996. The third-order valence-corrected chi connectivity index (χ3v) is 3.13. The molecule has 1 aromatic heterocycles. The molecule has 90 valence electrons. The van der Waals surface area contributed by atoms with Crippen LogP contribution in [0.1, 0.15) is 12.8 Å². The number of thioether (sulfide) groups is 1. The van der Waals surface area contributed by atoms with Gasteiger partial charge in [0.1, 0.15) is 0 Å². The van der Waals surface area contributed by atoms with E-state index in [1.165, 1.54) is 0 Å². The molecule has 1 aromatic carbocycles. The SMILES string of the molecule is CCNCc1nnc(-c2ccccc2SC)o1. The molecule has 0 unspecified atom stereocenters. The third kappa shape index (κ3) is 2.87. The van der Waals surface area contributed by atoms with Crippen molar-refractivity contribution in [3.05, 3.63) is 30.2 Å². The molecule has 0 aliphatic carbocycles. The molecule has 0 fully saturated rings. The van der Waals surface area contributed by atoms with E-state index in [4.69, 9.17) is 4.42 Å². The lowest BCUT2D eigenvalue weighted by Crippen LogP contribution is -2.11. The molecule has 4 nitrogen and oxygen atoms in total. The summed E-state index contributed by atoms with van der Waals surface area (Å²) < 4.78 is 5.62. The number of aromatic nitrogens is 2. The molecule has 2 aromatic rings. The lowest BCUT2D eigenvalue weighted by molar-refractivity contribution is 0.481. The first-order chi connectivity index (χ1) is 8.35. The van der Waals surface area contributed by atoms with Gasteiger partial charge in [-0.25, -0.2) is 0 Å². The van der Waals surface area contributed by atoms with Crippen LogP contribution in [0.25, 0.3) is 11.5 Å². The smallest absolute Gasteiger partial charge is 0.248 e. The van der Waals surface area contributed by atoms with Crippen LogP contribution in [-0.2, 0) is 6.54 Å². The maximum absolute atomic E-state index is 5.62. The Kier molecular flexibility index (Phi) is 4.17. The molecule has 0 aliphatic heterocycles. The molecule has 0 amide bonds. The van der Waals surface area contributed by atoms with Gasteiger partial charge in [-0.1, -0.05) is 19.1 Å². The molecular formula is C12H15N3OS. The zero-order valence-corrected chi connectivity index (χ0v) is 10.8. The van der Waals surface area contributed by atoms with Gasteiger partial charge in [0.25, 0.3) is 0 Å². The van der Waals surface area contributed by atoms with Gasteiger partial charge in [-0.05, 0) is 24.9 Å². The molecule has 0 bridgehead atoms. The molecule has 0 spiro atoms. The Hall–Kier alpha value is -1.33. The fraction of sp³-hybridized carbons (Fsp3) is 0.333. The molecule has 0 radical (unpaired) electrons. The molecule has 2 rings (SSSR count). The summed E-state index contributed by atoms with van der Waals surface area (Å²) >= 11 is 1.67. The third-order valence-electron chi connectivity index (χ3n) is 2.33. The van der Waals surface area contributed by atoms with Crippen LogP contribution in [-0.4, -0.2) is 23.0 Å². The van der Waals surface area contributed by atoms with E-state index < -0.39 is 0 Å². The highest BCUT2D eigenvalue weighted by Gasteiger charge is 2.11.